The summed E-state index contributed by atoms with van der Waals surface area (Å²) in [5.74, 6) is 0.240. The number of piperidine rings is 1. The lowest BCUT2D eigenvalue weighted by Gasteiger charge is -2.50. The van der Waals surface area contributed by atoms with Crippen molar-refractivity contribution in [3.8, 4) is 0 Å². The van der Waals surface area contributed by atoms with Crippen LogP contribution < -0.4 is 0 Å². The van der Waals surface area contributed by atoms with Crippen LogP contribution in [0.4, 0.5) is 0 Å². The smallest absolute Gasteiger partial charge is 0.249 e. The summed E-state index contributed by atoms with van der Waals surface area (Å²) in [6.45, 7) is 7.35. The van der Waals surface area contributed by atoms with Crippen LogP contribution in [-0.2, 0) is 14.3 Å². The summed E-state index contributed by atoms with van der Waals surface area (Å²) in [5.41, 5.74) is 0.978. The highest BCUT2D eigenvalue weighted by atomic mass is 16.5. The van der Waals surface area contributed by atoms with Crippen LogP contribution in [0.5, 0.6) is 0 Å². The van der Waals surface area contributed by atoms with Crippen LogP contribution in [0.15, 0.2) is 24.3 Å². The molecule has 22 heavy (non-hydrogen) atoms. The Labute approximate surface area is 133 Å². The van der Waals surface area contributed by atoms with E-state index in [4.69, 9.17) is 9.47 Å². The van der Waals surface area contributed by atoms with Crippen LogP contribution in [0.3, 0.4) is 0 Å². The highest BCUT2D eigenvalue weighted by Crippen LogP contribution is 2.41. The first-order chi connectivity index (χ1) is 10.7. The molecule has 0 aromatic rings. The molecule has 0 aromatic carbocycles. The van der Waals surface area contributed by atoms with Crippen LogP contribution in [0.2, 0.25) is 0 Å². The first-order valence-electron chi connectivity index (χ1n) is 8.54. The number of carbonyl (C=O) groups excluding carboxylic acids is 1. The van der Waals surface area contributed by atoms with E-state index in [1.165, 1.54) is 0 Å². The highest BCUT2D eigenvalue weighted by molar-refractivity contribution is 5.93. The van der Waals surface area contributed by atoms with E-state index in [-0.39, 0.29) is 17.4 Å². The van der Waals surface area contributed by atoms with E-state index in [2.05, 4.69) is 12.7 Å². The molecule has 1 aliphatic carbocycles. The van der Waals surface area contributed by atoms with E-state index in [1.54, 1.807) is 6.08 Å². The zero-order valence-corrected chi connectivity index (χ0v) is 13.4. The first-order valence-corrected chi connectivity index (χ1v) is 8.54. The lowest BCUT2D eigenvalue weighted by Crippen LogP contribution is -2.58. The third-order valence-electron chi connectivity index (χ3n) is 5.22. The molecule has 4 heteroatoms. The standard InChI is InChI=1S/C18H27NO3/c1-2-11-21-14-18-9-5-12-22-16(18)8-10-19(13-18)17(20)15-6-3-4-7-15/h2,6,16H,1,3-5,7-14H2/t16-,18+/m1/s1. The van der Waals surface area contributed by atoms with Crippen molar-refractivity contribution in [1.29, 1.82) is 0 Å². The minimum atomic E-state index is -0.0334. The maximum Gasteiger partial charge on any atom is 0.249 e. The minimum absolute atomic E-state index is 0.0334. The quantitative estimate of drug-likeness (QED) is 0.579. The predicted octanol–water partition coefficient (Wildman–Crippen LogP) is 2.70. The molecule has 0 saturated carbocycles. The molecular formula is C18H27NO3. The van der Waals surface area contributed by atoms with Crippen molar-refractivity contribution >= 4 is 5.91 Å². The molecule has 3 rings (SSSR count). The van der Waals surface area contributed by atoms with Crippen LogP contribution >= 0.6 is 0 Å². The van der Waals surface area contributed by atoms with Gasteiger partial charge in [-0.25, -0.2) is 0 Å². The number of amides is 1. The average molecular weight is 305 g/mol. The molecule has 1 amide bonds. The summed E-state index contributed by atoms with van der Waals surface area (Å²) in [6, 6.07) is 0. The van der Waals surface area contributed by atoms with Gasteiger partial charge in [0.05, 0.1) is 19.3 Å². The van der Waals surface area contributed by atoms with Crippen LogP contribution in [-0.4, -0.2) is 49.8 Å². The monoisotopic (exact) mass is 305 g/mol. The SMILES string of the molecule is C=CCOC[C@@]12CCCO[C@@H]1CCN(C(=O)C1=CCCC1)C2. The molecule has 2 aliphatic heterocycles. The number of hydrogen-bond donors (Lipinski definition) is 0. The van der Waals surface area contributed by atoms with Gasteiger partial charge in [-0.3, -0.25) is 4.79 Å². The van der Waals surface area contributed by atoms with Gasteiger partial charge in [-0.2, -0.15) is 0 Å². The molecule has 0 radical (unpaired) electrons. The fraction of sp³-hybridized carbons (Fsp3) is 0.722. The summed E-state index contributed by atoms with van der Waals surface area (Å²) in [6.07, 6.45) is 10.3. The Morgan fingerprint density at radius 1 is 1.55 bits per heavy atom. The van der Waals surface area contributed by atoms with Gasteiger partial charge in [0.2, 0.25) is 5.91 Å². The lowest BCUT2D eigenvalue weighted by atomic mass is 9.73. The second-order valence-corrected chi connectivity index (χ2v) is 6.77. The second-order valence-electron chi connectivity index (χ2n) is 6.77. The zero-order chi connectivity index (χ0) is 15.4. The van der Waals surface area contributed by atoms with E-state index < -0.39 is 0 Å². The molecule has 2 saturated heterocycles. The van der Waals surface area contributed by atoms with Gasteiger partial charge in [0.1, 0.15) is 0 Å². The molecule has 0 spiro atoms. The Morgan fingerprint density at radius 3 is 3.23 bits per heavy atom. The van der Waals surface area contributed by atoms with Gasteiger partial charge < -0.3 is 14.4 Å². The normalized spacial score (nSPS) is 31.5. The first kappa shape index (κ1) is 15.8. The van der Waals surface area contributed by atoms with Gasteiger partial charge in [-0.1, -0.05) is 12.2 Å². The summed E-state index contributed by atoms with van der Waals surface area (Å²) in [5, 5.41) is 0. The highest BCUT2D eigenvalue weighted by Gasteiger charge is 2.47. The second kappa shape index (κ2) is 6.97. The molecule has 0 bridgehead atoms. The Kier molecular flexibility index (Phi) is 4.99. The number of carbonyl (C=O) groups is 1. The van der Waals surface area contributed by atoms with Crippen molar-refractivity contribution in [3.05, 3.63) is 24.3 Å². The topological polar surface area (TPSA) is 38.8 Å². The van der Waals surface area contributed by atoms with Gasteiger partial charge in [-0.05, 0) is 38.5 Å². The van der Waals surface area contributed by atoms with Gasteiger partial charge in [-0.15, -0.1) is 6.58 Å². The fourth-order valence-corrected chi connectivity index (χ4v) is 4.09. The number of hydrogen-bond acceptors (Lipinski definition) is 3. The molecule has 0 aromatic heterocycles. The molecule has 2 fully saturated rings. The molecule has 2 atom stereocenters. The number of fused-ring (bicyclic) bond motifs is 1. The number of allylic oxidation sites excluding steroid dienone is 1. The van der Waals surface area contributed by atoms with Crippen LogP contribution in [0.25, 0.3) is 0 Å². The Balaban J connectivity index is 1.70. The zero-order valence-electron chi connectivity index (χ0n) is 13.4. The molecule has 0 N–H and O–H groups in total. The lowest BCUT2D eigenvalue weighted by molar-refractivity contribution is -0.161. The van der Waals surface area contributed by atoms with Crippen molar-refractivity contribution in [2.24, 2.45) is 5.41 Å². The van der Waals surface area contributed by atoms with E-state index in [9.17, 15) is 4.79 Å². The van der Waals surface area contributed by atoms with E-state index in [0.717, 1.165) is 63.8 Å². The predicted molar refractivity (Wildman–Crippen MR) is 85.6 cm³/mol. The Bertz CT molecular complexity index is 459. The number of nitrogens with zero attached hydrogens (tertiary/aromatic N) is 1. The van der Waals surface area contributed by atoms with Gasteiger partial charge >= 0.3 is 0 Å². The van der Waals surface area contributed by atoms with Crippen molar-refractivity contribution in [3.63, 3.8) is 0 Å². The molecule has 4 nitrogen and oxygen atoms in total. The third-order valence-corrected chi connectivity index (χ3v) is 5.22. The van der Waals surface area contributed by atoms with E-state index in [1.807, 2.05) is 4.90 Å². The van der Waals surface area contributed by atoms with Gasteiger partial charge in [0.25, 0.3) is 0 Å². The van der Waals surface area contributed by atoms with Crippen LogP contribution in [0.1, 0.15) is 38.5 Å². The summed E-state index contributed by atoms with van der Waals surface area (Å²) >= 11 is 0. The molecule has 0 unspecified atom stereocenters. The maximum atomic E-state index is 12.7. The molecule has 2 heterocycles. The van der Waals surface area contributed by atoms with E-state index in [0.29, 0.717) is 13.2 Å². The number of likely N-dealkylation sites (tertiary alicyclic amines) is 1. The average Bonchev–Trinajstić information content (AvgIpc) is 3.08. The van der Waals surface area contributed by atoms with Crippen molar-refractivity contribution < 1.29 is 14.3 Å². The minimum Gasteiger partial charge on any atom is -0.377 e. The van der Waals surface area contributed by atoms with Crippen molar-refractivity contribution in [2.45, 2.75) is 44.6 Å². The third kappa shape index (κ3) is 3.13. The summed E-state index contributed by atoms with van der Waals surface area (Å²) < 4.78 is 11.8. The van der Waals surface area contributed by atoms with Gasteiger partial charge in [0.15, 0.2) is 0 Å². The number of ether oxygens (including phenoxy) is 2. The number of rotatable bonds is 5. The summed E-state index contributed by atoms with van der Waals surface area (Å²) in [7, 11) is 0. The van der Waals surface area contributed by atoms with Crippen LogP contribution in [0, 0.1) is 5.41 Å². The van der Waals surface area contributed by atoms with Gasteiger partial charge in [0, 0.05) is 30.7 Å². The molecular weight excluding hydrogens is 278 g/mol. The van der Waals surface area contributed by atoms with Crippen molar-refractivity contribution in [1.82, 2.24) is 4.90 Å². The Hall–Kier alpha value is -1.13. The van der Waals surface area contributed by atoms with Crippen molar-refractivity contribution in [2.75, 3.05) is 32.9 Å². The summed E-state index contributed by atoms with van der Waals surface area (Å²) in [4.78, 5) is 14.7. The molecule has 3 aliphatic rings. The fourth-order valence-electron chi connectivity index (χ4n) is 4.09. The van der Waals surface area contributed by atoms with E-state index >= 15 is 0 Å². The maximum absolute atomic E-state index is 12.7. The Morgan fingerprint density at radius 2 is 2.45 bits per heavy atom. The largest absolute Gasteiger partial charge is 0.377 e. The molecule has 122 valence electrons.